The van der Waals surface area contributed by atoms with Gasteiger partial charge in [0.05, 0.1) is 12.4 Å². The largest absolute Gasteiger partial charge is 0.392 e. The van der Waals surface area contributed by atoms with Gasteiger partial charge in [0.2, 0.25) is 5.91 Å². The highest BCUT2D eigenvalue weighted by Gasteiger charge is 2.03. The number of hydrogen-bond acceptors (Lipinski definition) is 3. The van der Waals surface area contributed by atoms with E-state index >= 15 is 0 Å². The van der Waals surface area contributed by atoms with E-state index in [9.17, 15) is 4.79 Å². The molecule has 2 rings (SSSR count). The Bertz CT molecular complexity index is 611. The zero-order valence-electron chi connectivity index (χ0n) is 12.7. The fourth-order valence-corrected chi connectivity index (χ4v) is 2.87. The van der Waals surface area contributed by atoms with E-state index in [2.05, 4.69) is 5.32 Å². The zero-order chi connectivity index (χ0) is 15.8. The van der Waals surface area contributed by atoms with Gasteiger partial charge >= 0.3 is 0 Å². The molecule has 0 saturated heterocycles. The van der Waals surface area contributed by atoms with Crippen LogP contribution in [0.15, 0.2) is 48.5 Å². The Kier molecular flexibility index (Phi) is 6.49. The number of nitrogens with one attached hydrogen (secondary N) is 1. The van der Waals surface area contributed by atoms with Gasteiger partial charge < -0.3 is 10.4 Å². The molecule has 116 valence electrons. The second-order valence-electron chi connectivity index (χ2n) is 5.17. The standard InChI is InChI=1S/C18H21NO2S/c1-14-4-2-3-5-17(14)10-19-18(21)13-22-12-16-8-6-15(11-20)7-9-16/h2-9,20H,10-13H2,1H3,(H,19,21). The third kappa shape index (κ3) is 5.20. The first-order valence-electron chi connectivity index (χ1n) is 7.26. The van der Waals surface area contributed by atoms with Crippen LogP contribution in [0.3, 0.4) is 0 Å². The van der Waals surface area contributed by atoms with Crippen molar-refractivity contribution in [3.05, 3.63) is 70.8 Å². The van der Waals surface area contributed by atoms with Crippen LogP contribution < -0.4 is 5.32 Å². The number of carbonyl (C=O) groups is 1. The number of rotatable bonds is 7. The minimum absolute atomic E-state index is 0.0558. The Labute approximate surface area is 135 Å². The summed E-state index contributed by atoms with van der Waals surface area (Å²) < 4.78 is 0. The number of aliphatic hydroxyl groups is 1. The van der Waals surface area contributed by atoms with Crippen molar-refractivity contribution in [3.8, 4) is 0 Å². The van der Waals surface area contributed by atoms with Crippen molar-refractivity contribution >= 4 is 17.7 Å². The molecule has 0 fully saturated rings. The van der Waals surface area contributed by atoms with Gasteiger partial charge in [0.15, 0.2) is 0 Å². The van der Waals surface area contributed by atoms with E-state index in [0.29, 0.717) is 12.3 Å². The fourth-order valence-electron chi connectivity index (χ4n) is 2.06. The van der Waals surface area contributed by atoms with Crippen LogP contribution in [-0.2, 0) is 23.7 Å². The van der Waals surface area contributed by atoms with Gasteiger partial charge in [0.25, 0.3) is 0 Å². The van der Waals surface area contributed by atoms with E-state index in [1.807, 2.05) is 55.5 Å². The highest BCUT2D eigenvalue weighted by molar-refractivity contribution is 7.99. The van der Waals surface area contributed by atoms with Gasteiger partial charge in [-0.25, -0.2) is 0 Å². The van der Waals surface area contributed by atoms with Crippen molar-refractivity contribution in [2.24, 2.45) is 0 Å². The van der Waals surface area contributed by atoms with E-state index in [4.69, 9.17) is 5.11 Å². The minimum atomic E-state index is 0.0558. The predicted molar refractivity (Wildman–Crippen MR) is 91.6 cm³/mol. The van der Waals surface area contributed by atoms with Gasteiger partial charge in [-0.2, -0.15) is 0 Å². The van der Waals surface area contributed by atoms with E-state index in [0.717, 1.165) is 22.4 Å². The van der Waals surface area contributed by atoms with Crippen molar-refractivity contribution in [2.75, 3.05) is 5.75 Å². The van der Waals surface area contributed by atoms with Crippen molar-refractivity contribution < 1.29 is 9.90 Å². The molecule has 2 aromatic rings. The second-order valence-corrected chi connectivity index (χ2v) is 6.16. The first-order chi connectivity index (χ1) is 10.7. The maximum Gasteiger partial charge on any atom is 0.230 e. The number of aryl methyl sites for hydroxylation is 1. The molecule has 0 heterocycles. The lowest BCUT2D eigenvalue weighted by Gasteiger charge is -2.08. The molecule has 4 heteroatoms. The maximum absolute atomic E-state index is 11.9. The molecular weight excluding hydrogens is 294 g/mol. The van der Waals surface area contributed by atoms with Gasteiger partial charge in [-0.15, -0.1) is 11.8 Å². The van der Waals surface area contributed by atoms with Gasteiger partial charge in [0.1, 0.15) is 0 Å². The molecule has 0 atom stereocenters. The predicted octanol–water partition coefficient (Wildman–Crippen LogP) is 3.04. The first kappa shape index (κ1) is 16.6. The summed E-state index contributed by atoms with van der Waals surface area (Å²) in [6, 6.07) is 15.9. The lowest BCUT2D eigenvalue weighted by molar-refractivity contribution is -0.118. The first-order valence-corrected chi connectivity index (χ1v) is 8.42. The lowest BCUT2D eigenvalue weighted by Crippen LogP contribution is -2.24. The number of aliphatic hydroxyl groups excluding tert-OH is 1. The SMILES string of the molecule is Cc1ccccc1CNC(=O)CSCc1ccc(CO)cc1. The Morgan fingerprint density at radius 1 is 1.09 bits per heavy atom. The van der Waals surface area contributed by atoms with E-state index in [-0.39, 0.29) is 12.5 Å². The highest BCUT2D eigenvalue weighted by atomic mass is 32.2. The lowest BCUT2D eigenvalue weighted by atomic mass is 10.1. The number of thioether (sulfide) groups is 1. The Balaban J connectivity index is 1.70. The molecule has 22 heavy (non-hydrogen) atoms. The molecule has 0 aromatic heterocycles. The van der Waals surface area contributed by atoms with Gasteiger partial charge in [0, 0.05) is 12.3 Å². The summed E-state index contributed by atoms with van der Waals surface area (Å²) >= 11 is 1.59. The molecule has 0 aliphatic carbocycles. The number of benzene rings is 2. The fraction of sp³-hybridized carbons (Fsp3) is 0.278. The van der Waals surface area contributed by atoms with Gasteiger partial charge in [-0.1, -0.05) is 48.5 Å². The topological polar surface area (TPSA) is 49.3 Å². The van der Waals surface area contributed by atoms with E-state index in [1.165, 1.54) is 5.56 Å². The minimum Gasteiger partial charge on any atom is -0.392 e. The molecule has 0 unspecified atom stereocenters. The summed E-state index contributed by atoms with van der Waals surface area (Å²) in [5.41, 5.74) is 4.42. The molecule has 0 spiro atoms. The van der Waals surface area contributed by atoms with Crippen LogP contribution in [-0.4, -0.2) is 16.8 Å². The summed E-state index contributed by atoms with van der Waals surface area (Å²) in [4.78, 5) is 11.9. The third-order valence-corrected chi connectivity index (χ3v) is 4.45. The zero-order valence-corrected chi connectivity index (χ0v) is 13.5. The summed E-state index contributed by atoms with van der Waals surface area (Å²) in [7, 11) is 0. The molecule has 2 N–H and O–H groups in total. The quantitative estimate of drug-likeness (QED) is 0.826. The summed E-state index contributed by atoms with van der Waals surface area (Å²) in [5, 5.41) is 11.9. The van der Waals surface area contributed by atoms with Crippen LogP contribution >= 0.6 is 11.8 Å². The van der Waals surface area contributed by atoms with Gasteiger partial charge in [-0.3, -0.25) is 4.79 Å². The van der Waals surface area contributed by atoms with Crippen molar-refractivity contribution in [2.45, 2.75) is 25.8 Å². The van der Waals surface area contributed by atoms with Crippen LogP contribution in [0.25, 0.3) is 0 Å². The van der Waals surface area contributed by atoms with Crippen molar-refractivity contribution in [1.29, 1.82) is 0 Å². The Hall–Kier alpha value is -1.78. The van der Waals surface area contributed by atoms with Crippen LogP contribution in [0.2, 0.25) is 0 Å². The van der Waals surface area contributed by atoms with Gasteiger partial charge in [-0.05, 0) is 29.2 Å². The van der Waals surface area contributed by atoms with Crippen molar-refractivity contribution in [1.82, 2.24) is 5.32 Å². The molecule has 0 bridgehead atoms. The third-order valence-electron chi connectivity index (χ3n) is 3.44. The Morgan fingerprint density at radius 3 is 2.45 bits per heavy atom. The number of hydrogen-bond donors (Lipinski definition) is 2. The van der Waals surface area contributed by atoms with Crippen LogP contribution in [0, 0.1) is 6.92 Å². The van der Waals surface area contributed by atoms with E-state index < -0.39 is 0 Å². The molecule has 1 amide bonds. The highest BCUT2D eigenvalue weighted by Crippen LogP contribution is 2.13. The molecule has 0 radical (unpaired) electrons. The summed E-state index contributed by atoms with van der Waals surface area (Å²) in [6.07, 6.45) is 0. The van der Waals surface area contributed by atoms with E-state index in [1.54, 1.807) is 11.8 Å². The Morgan fingerprint density at radius 2 is 1.77 bits per heavy atom. The summed E-state index contributed by atoms with van der Waals surface area (Å²) in [5.74, 6) is 1.30. The normalized spacial score (nSPS) is 10.5. The van der Waals surface area contributed by atoms with Crippen LogP contribution in [0.1, 0.15) is 22.3 Å². The monoisotopic (exact) mass is 315 g/mol. The molecule has 0 aliphatic heterocycles. The van der Waals surface area contributed by atoms with Crippen molar-refractivity contribution in [3.63, 3.8) is 0 Å². The molecule has 3 nitrogen and oxygen atoms in total. The van der Waals surface area contributed by atoms with Crippen LogP contribution in [0.5, 0.6) is 0 Å². The molecular formula is C18H21NO2S. The second kappa shape index (κ2) is 8.61. The number of amides is 1. The average molecular weight is 315 g/mol. The molecule has 0 saturated carbocycles. The summed E-state index contributed by atoms with van der Waals surface area (Å²) in [6.45, 7) is 2.69. The molecule has 0 aliphatic rings. The molecule has 2 aromatic carbocycles. The van der Waals surface area contributed by atoms with Crippen LogP contribution in [0.4, 0.5) is 0 Å². The number of carbonyl (C=O) groups excluding carboxylic acids is 1. The maximum atomic E-state index is 11.9. The smallest absolute Gasteiger partial charge is 0.230 e. The average Bonchev–Trinajstić information content (AvgIpc) is 2.55.